The second-order valence-corrected chi connectivity index (χ2v) is 5.24. The first-order valence-electron chi connectivity index (χ1n) is 5.69. The maximum absolute atomic E-state index is 4.41. The Hall–Kier alpha value is -0.790. The number of nitrogens with zero attached hydrogens (tertiary/aromatic N) is 1. The molecule has 3 aliphatic rings. The second-order valence-electron chi connectivity index (χ2n) is 5.24. The van der Waals surface area contributed by atoms with Crippen molar-refractivity contribution in [1.82, 2.24) is 5.43 Å². The first-order chi connectivity index (χ1) is 6.68. The van der Waals surface area contributed by atoms with E-state index < -0.39 is 0 Å². The summed E-state index contributed by atoms with van der Waals surface area (Å²) in [5, 5.41) is 4.41. The summed E-state index contributed by atoms with van der Waals surface area (Å²) in [7, 11) is 0. The Bertz CT molecular complexity index is 340. The summed E-state index contributed by atoms with van der Waals surface area (Å²) in [5.41, 5.74) is 7.50. The van der Waals surface area contributed by atoms with Crippen LogP contribution in [-0.2, 0) is 0 Å². The molecule has 1 heterocycles. The van der Waals surface area contributed by atoms with Gasteiger partial charge in [-0.05, 0) is 50.0 Å². The van der Waals surface area contributed by atoms with Crippen molar-refractivity contribution in [1.29, 1.82) is 0 Å². The highest BCUT2D eigenvalue weighted by Gasteiger charge is 2.50. The van der Waals surface area contributed by atoms with Crippen LogP contribution in [-0.4, -0.2) is 5.71 Å². The van der Waals surface area contributed by atoms with Gasteiger partial charge < -0.3 is 0 Å². The van der Waals surface area contributed by atoms with Crippen LogP contribution < -0.4 is 5.43 Å². The summed E-state index contributed by atoms with van der Waals surface area (Å²) in [4.78, 5) is 0. The zero-order valence-corrected chi connectivity index (χ0v) is 9.17. The van der Waals surface area contributed by atoms with Crippen LogP contribution in [0.1, 0.15) is 33.6 Å². The third kappa shape index (κ3) is 0.891. The molecule has 0 spiro atoms. The molecule has 4 atom stereocenters. The lowest BCUT2D eigenvalue weighted by Gasteiger charge is -2.33. The van der Waals surface area contributed by atoms with Crippen molar-refractivity contribution in [3.05, 3.63) is 11.3 Å². The van der Waals surface area contributed by atoms with Gasteiger partial charge in [0.15, 0.2) is 0 Å². The van der Waals surface area contributed by atoms with Crippen molar-refractivity contribution in [3.63, 3.8) is 0 Å². The lowest BCUT2D eigenvalue weighted by Crippen LogP contribution is -2.32. The number of fused-ring (bicyclic) bond motifs is 5. The van der Waals surface area contributed by atoms with Crippen LogP contribution in [0.15, 0.2) is 16.4 Å². The molecule has 0 aromatic carbocycles. The minimum atomic E-state index is 0.692. The van der Waals surface area contributed by atoms with E-state index in [9.17, 15) is 0 Å². The first kappa shape index (κ1) is 8.51. The highest BCUT2D eigenvalue weighted by Crippen LogP contribution is 2.56. The summed E-state index contributed by atoms with van der Waals surface area (Å²) in [6.45, 7) is 6.77. The number of nitrogens with one attached hydrogen (secondary N) is 1. The molecule has 2 heteroatoms. The lowest BCUT2D eigenvalue weighted by molar-refractivity contribution is 0.387. The Balaban J connectivity index is 2.06. The SMILES string of the molecule is CC1=NNC(C)=C2C3CC(CC3C)C12. The van der Waals surface area contributed by atoms with E-state index in [1.54, 1.807) is 5.57 Å². The molecule has 2 fully saturated rings. The zero-order valence-electron chi connectivity index (χ0n) is 9.17. The van der Waals surface area contributed by atoms with Gasteiger partial charge in [0.05, 0.1) is 0 Å². The molecular formula is C12H18N2. The van der Waals surface area contributed by atoms with Gasteiger partial charge in [0.25, 0.3) is 0 Å². The maximum atomic E-state index is 4.41. The topological polar surface area (TPSA) is 24.4 Å². The summed E-state index contributed by atoms with van der Waals surface area (Å²) >= 11 is 0. The van der Waals surface area contributed by atoms with E-state index in [-0.39, 0.29) is 0 Å². The minimum absolute atomic E-state index is 0.692. The monoisotopic (exact) mass is 190 g/mol. The maximum Gasteiger partial charge on any atom is 0.0426 e. The third-order valence-corrected chi connectivity index (χ3v) is 4.41. The van der Waals surface area contributed by atoms with Gasteiger partial charge in [-0.3, -0.25) is 5.43 Å². The molecule has 0 aromatic heterocycles. The number of rotatable bonds is 0. The Morgan fingerprint density at radius 2 is 2.07 bits per heavy atom. The lowest BCUT2D eigenvalue weighted by atomic mass is 9.76. The largest absolute Gasteiger partial charge is 0.283 e. The predicted molar refractivity (Wildman–Crippen MR) is 57.8 cm³/mol. The highest BCUT2D eigenvalue weighted by atomic mass is 15.3. The smallest absolute Gasteiger partial charge is 0.0426 e. The molecule has 2 saturated carbocycles. The van der Waals surface area contributed by atoms with Crippen molar-refractivity contribution in [3.8, 4) is 0 Å². The van der Waals surface area contributed by atoms with E-state index in [0.29, 0.717) is 5.92 Å². The molecule has 0 radical (unpaired) electrons. The average Bonchev–Trinajstić information content (AvgIpc) is 2.68. The van der Waals surface area contributed by atoms with E-state index in [0.717, 1.165) is 17.8 Å². The van der Waals surface area contributed by atoms with Gasteiger partial charge in [-0.2, -0.15) is 5.10 Å². The summed E-state index contributed by atoms with van der Waals surface area (Å²) < 4.78 is 0. The Morgan fingerprint density at radius 3 is 2.86 bits per heavy atom. The van der Waals surface area contributed by atoms with Gasteiger partial charge in [0, 0.05) is 17.3 Å². The molecule has 0 saturated heterocycles. The van der Waals surface area contributed by atoms with Gasteiger partial charge in [-0.1, -0.05) is 6.92 Å². The van der Waals surface area contributed by atoms with Crippen LogP contribution in [0.2, 0.25) is 0 Å². The van der Waals surface area contributed by atoms with Crippen LogP contribution >= 0.6 is 0 Å². The number of hydrogen-bond acceptors (Lipinski definition) is 2. The molecular weight excluding hydrogens is 172 g/mol. The molecule has 0 amide bonds. The van der Waals surface area contributed by atoms with Gasteiger partial charge >= 0.3 is 0 Å². The quantitative estimate of drug-likeness (QED) is 0.623. The van der Waals surface area contributed by atoms with E-state index >= 15 is 0 Å². The third-order valence-electron chi connectivity index (χ3n) is 4.41. The fraction of sp³-hybridized carbons (Fsp3) is 0.750. The van der Waals surface area contributed by atoms with Crippen molar-refractivity contribution < 1.29 is 0 Å². The van der Waals surface area contributed by atoms with Crippen molar-refractivity contribution >= 4 is 5.71 Å². The summed E-state index contributed by atoms with van der Waals surface area (Å²) in [6, 6.07) is 0. The number of allylic oxidation sites excluding steroid dienone is 2. The zero-order chi connectivity index (χ0) is 9.87. The molecule has 2 nitrogen and oxygen atoms in total. The molecule has 4 unspecified atom stereocenters. The minimum Gasteiger partial charge on any atom is -0.283 e. The molecule has 0 aromatic rings. The van der Waals surface area contributed by atoms with Crippen LogP contribution in [0.3, 0.4) is 0 Å². The van der Waals surface area contributed by atoms with E-state index in [1.807, 2.05) is 0 Å². The standard InChI is InChI=1S/C12H18N2/c1-6-4-9-5-10(6)12-8(3)14-13-7(2)11(9)12/h6,9-11,14H,4-5H2,1-3H3. The van der Waals surface area contributed by atoms with Gasteiger partial charge in [0.1, 0.15) is 0 Å². The first-order valence-corrected chi connectivity index (χ1v) is 5.69. The summed E-state index contributed by atoms with van der Waals surface area (Å²) in [6.07, 6.45) is 2.83. The van der Waals surface area contributed by atoms with Crippen LogP contribution in [0.4, 0.5) is 0 Å². The van der Waals surface area contributed by atoms with Crippen molar-refractivity contribution in [2.24, 2.45) is 28.8 Å². The predicted octanol–water partition coefficient (Wildman–Crippen LogP) is 2.53. The molecule has 1 N–H and O–H groups in total. The molecule has 2 bridgehead atoms. The normalized spacial score (nSPS) is 44.9. The fourth-order valence-corrected chi connectivity index (χ4v) is 3.87. The molecule has 2 aliphatic carbocycles. The Labute approximate surface area is 85.5 Å². The summed E-state index contributed by atoms with van der Waals surface area (Å²) in [5.74, 6) is 3.33. The Kier molecular flexibility index (Phi) is 1.59. The second kappa shape index (κ2) is 2.62. The van der Waals surface area contributed by atoms with Gasteiger partial charge in [0.2, 0.25) is 0 Å². The van der Waals surface area contributed by atoms with Crippen LogP contribution in [0, 0.1) is 23.7 Å². The van der Waals surface area contributed by atoms with Crippen molar-refractivity contribution in [2.45, 2.75) is 33.6 Å². The Morgan fingerprint density at radius 1 is 1.29 bits per heavy atom. The van der Waals surface area contributed by atoms with E-state index in [1.165, 1.54) is 24.3 Å². The molecule has 3 rings (SSSR count). The van der Waals surface area contributed by atoms with E-state index in [4.69, 9.17) is 0 Å². The average molecular weight is 190 g/mol. The number of hydrogen-bond donors (Lipinski definition) is 1. The van der Waals surface area contributed by atoms with Crippen LogP contribution in [0.25, 0.3) is 0 Å². The molecule has 1 aliphatic heterocycles. The van der Waals surface area contributed by atoms with Gasteiger partial charge in [-0.25, -0.2) is 0 Å². The van der Waals surface area contributed by atoms with Crippen molar-refractivity contribution in [2.75, 3.05) is 0 Å². The van der Waals surface area contributed by atoms with E-state index in [2.05, 4.69) is 31.3 Å². The van der Waals surface area contributed by atoms with Gasteiger partial charge in [-0.15, -0.1) is 0 Å². The molecule has 14 heavy (non-hydrogen) atoms. The highest BCUT2D eigenvalue weighted by molar-refractivity contribution is 5.89. The number of hydrazone groups is 1. The fourth-order valence-electron chi connectivity index (χ4n) is 3.87. The molecule has 76 valence electrons. The van der Waals surface area contributed by atoms with Crippen LogP contribution in [0.5, 0.6) is 0 Å².